The summed E-state index contributed by atoms with van der Waals surface area (Å²) in [5, 5.41) is 3.92. The molecule has 0 radical (unpaired) electrons. The van der Waals surface area contributed by atoms with Crippen molar-refractivity contribution < 1.29 is 22.5 Å². The Kier molecular flexibility index (Phi) is 6.79. The van der Waals surface area contributed by atoms with Crippen molar-refractivity contribution >= 4 is 27.7 Å². The molecule has 0 bridgehead atoms. The number of nitrogens with zero attached hydrogens (tertiary/aromatic N) is 1. The number of amides is 1. The van der Waals surface area contributed by atoms with Gasteiger partial charge in [0.1, 0.15) is 5.82 Å². The van der Waals surface area contributed by atoms with Crippen LogP contribution in [0.2, 0.25) is 0 Å². The van der Waals surface area contributed by atoms with Crippen LogP contribution in [0.15, 0.2) is 53.9 Å². The van der Waals surface area contributed by atoms with Crippen LogP contribution in [0.3, 0.4) is 0 Å². The Balaban J connectivity index is 1.50. The molecule has 1 aliphatic rings. The number of nitrogens with one attached hydrogen (secondary N) is 2. The molecule has 0 unspecified atom stereocenters. The van der Waals surface area contributed by atoms with Gasteiger partial charge in [0, 0.05) is 11.1 Å². The molecule has 1 amide bonds. The molecule has 29 heavy (non-hydrogen) atoms. The van der Waals surface area contributed by atoms with Crippen molar-refractivity contribution in [3.05, 3.63) is 70.9 Å². The Morgan fingerprint density at radius 3 is 2.52 bits per heavy atom. The highest BCUT2D eigenvalue weighted by Gasteiger charge is 2.28. The maximum absolute atomic E-state index is 13.6. The van der Waals surface area contributed by atoms with E-state index in [1.165, 1.54) is 15.8 Å². The van der Waals surface area contributed by atoms with Gasteiger partial charge >= 0.3 is 0 Å². The summed E-state index contributed by atoms with van der Waals surface area (Å²) in [6.07, 6.45) is 1.59. The molecule has 1 saturated heterocycles. The summed E-state index contributed by atoms with van der Waals surface area (Å²) in [5.41, 5.74) is 1.77. The van der Waals surface area contributed by atoms with Crippen molar-refractivity contribution in [1.82, 2.24) is 4.31 Å². The molecule has 2 aromatic carbocycles. The molecular weight excluding hydrogens is 393 g/mol. The molecule has 1 heterocycles. The third kappa shape index (κ3) is 5.96. The maximum Gasteiger partial charge on any atom is 0.279 e. The Labute approximate surface area is 170 Å². The number of carbonyl (C=O) groups is 1. The molecule has 1 fully saturated rings. The van der Waals surface area contributed by atoms with Crippen LogP contribution in [0.4, 0.5) is 10.1 Å². The molecule has 0 atom stereocenters. The summed E-state index contributed by atoms with van der Waals surface area (Å²) in [6, 6.07) is 13.8. The Morgan fingerprint density at radius 2 is 1.86 bits per heavy atom. The van der Waals surface area contributed by atoms with Crippen LogP contribution in [0, 0.1) is 12.7 Å². The molecule has 8 heteroatoms. The lowest BCUT2D eigenvalue weighted by Crippen LogP contribution is -3.15. The van der Waals surface area contributed by atoms with Crippen LogP contribution in [-0.2, 0) is 14.8 Å². The van der Waals surface area contributed by atoms with Crippen molar-refractivity contribution in [2.75, 3.05) is 38.0 Å². The van der Waals surface area contributed by atoms with Gasteiger partial charge in [-0.15, -0.1) is 0 Å². The molecule has 0 aromatic heterocycles. The molecule has 154 valence electrons. The van der Waals surface area contributed by atoms with Gasteiger partial charge < -0.3 is 10.2 Å². The Bertz CT molecular complexity index is 985. The minimum Gasteiger partial charge on any atom is -0.325 e. The smallest absolute Gasteiger partial charge is 0.279 e. The lowest BCUT2D eigenvalue weighted by atomic mass is 10.2. The van der Waals surface area contributed by atoms with Crippen molar-refractivity contribution in [3.8, 4) is 0 Å². The van der Waals surface area contributed by atoms with E-state index in [0.29, 0.717) is 37.4 Å². The number of carbonyl (C=O) groups excluding carboxylic acids is 1. The monoisotopic (exact) mass is 418 g/mol. The maximum atomic E-state index is 13.6. The number of aryl methyl sites for hydroxylation is 1. The lowest BCUT2D eigenvalue weighted by molar-refractivity contribution is -0.895. The number of hydrogen-bond acceptors (Lipinski definition) is 3. The summed E-state index contributed by atoms with van der Waals surface area (Å²) in [6.45, 7) is 3.64. The number of anilines is 1. The zero-order chi connectivity index (χ0) is 20.9. The van der Waals surface area contributed by atoms with E-state index >= 15 is 0 Å². The fraction of sp³-hybridized carbons (Fsp3) is 0.286. The van der Waals surface area contributed by atoms with E-state index in [1.54, 1.807) is 25.1 Å². The van der Waals surface area contributed by atoms with Gasteiger partial charge in [0.15, 0.2) is 6.54 Å². The highest BCUT2D eigenvalue weighted by Crippen LogP contribution is 2.13. The molecule has 6 nitrogen and oxygen atoms in total. The first-order chi connectivity index (χ1) is 13.8. The molecule has 3 rings (SSSR count). The van der Waals surface area contributed by atoms with Crippen LogP contribution in [0.25, 0.3) is 6.08 Å². The minimum atomic E-state index is -3.49. The van der Waals surface area contributed by atoms with Crippen molar-refractivity contribution in [2.24, 2.45) is 0 Å². The third-order valence-electron chi connectivity index (χ3n) is 4.89. The number of benzene rings is 2. The second-order valence-corrected chi connectivity index (χ2v) is 8.91. The molecule has 0 saturated carbocycles. The predicted molar refractivity (Wildman–Crippen MR) is 111 cm³/mol. The van der Waals surface area contributed by atoms with Crippen molar-refractivity contribution in [3.63, 3.8) is 0 Å². The van der Waals surface area contributed by atoms with E-state index in [4.69, 9.17) is 0 Å². The van der Waals surface area contributed by atoms with Gasteiger partial charge in [-0.2, -0.15) is 4.31 Å². The van der Waals surface area contributed by atoms with E-state index in [9.17, 15) is 17.6 Å². The lowest BCUT2D eigenvalue weighted by Gasteiger charge is -2.30. The van der Waals surface area contributed by atoms with Crippen LogP contribution >= 0.6 is 0 Å². The van der Waals surface area contributed by atoms with E-state index in [0.717, 1.165) is 10.5 Å². The predicted octanol–water partition coefficient (Wildman–Crippen LogP) is 1.27. The molecule has 0 aliphatic carbocycles. The van der Waals surface area contributed by atoms with Gasteiger partial charge in [-0.25, -0.2) is 12.8 Å². The first-order valence-corrected chi connectivity index (χ1v) is 11.0. The summed E-state index contributed by atoms with van der Waals surface area (Å²) >= 11 is 0. The van der Waals surface area contributed by atoms with Crippen LogP contribution in [-0.4, -0.2) is 51.4 Å². The summed E-state index contributed by atoms with van der Waals surface area (Å²) < 4.78 is 40.0. The van der Waals surface area contributed by atoms with Gasteiger partial charge in [-0.05, 0) is 36.3 Å². The standard InChI is InChI=1S/C21H24FN3O3S/c1-17-7-8-19(15-20(17)22)23-21(26)16-24-10-12-25(13-11-24)29(27,28)14-9-18-5-3-2-4-6-18/h2-9,14-15H,10-13,16H2,1H3,(H,23,26)/p+1/b14-9+. The Morgan fingerprint density at radius 1 is 1.17 bits per heavy atom. The van der Waals surface area contributed by atoms with Gasteiger partial charge in [-0.3, -0.25) is 4.79 Å². The molecule has 2 N–H and O–H groups in total. The van der Waals surface area contributed by atoms with E-state index in [1.807, 2.05) is 30.3 Å². The summed E-state index contributed by atoms with van der Waals surface area (Å²) in [5.74, 6) is -0.582. The molecule has 1 aliphatic heterocycles. The van der Waals surface area contributed by atoms with Crippen LogP contribution in [0.5, 0.6) is 0 Å². The quantitative estimate of drug-likeness (QED) is 0.742. The largest absolute Gasteiger partial charge is 0.325 e. The highest BCUT2D eigenvalue weighted by molar-refractivity contribution is 7.92. The number of sulfonamides is 1. The number of hydrogen-bond donors (Lipinski definition) is 2. The number of quaternary nitrogens is 1. The average molecular weight is 419 g/mol. The van der Waals surface area contributed by atoms with Crippen LogP contribution < -0.4 is 10.2 Å². The number of rotatable bonds is 6. The number of piperazine rings is 1. The average Bonchev–Trinajstić information content (AvgIpc) is 2.70. The SMILES string of the molecule is Cc1ccc(NC(=O)C[NH+]2CCN(S(=O)(=O)/C=C/c3ccccc3)CC2)cc1F. The van der Waals surface area contributed by atoms with E-state index < -0.39 is 10.0 Å². The van der Waals surface area contributed by atoms with Gasteiger partial charge in [0.05, 0.1) is 26.2 Å². The molecule has 2 aromatic rings. The van der Waals surface area contributed by atoms with E-state index in [-0.39, 0.29) is 18.3 Å². The normalized spacial score (nSPS) is 16.2. The first kappa shape index (κ1) is 21.2. The van der Waals surface area contributed by atoms with Gasteiger partial charge in [0.25, 0.3) is 5.91 Å². The first-order valence-electron chi connectivity index (χ1n) is 9.46. The molecular formula is C21H25FN3O3S+. The zero-order valence-electron chi connectivity index (χ0n) is 16.3. The third-order valence-corrected chi connectivity index (χ3v) is 6.45. The fourth-order valence-corrected chi connectivity index (χ4v) is 4.34. The fourth-order valence-electron chi connectivity index (χ4n) is 3.15. The van der Waals surface area contributed by atoms with Crippen molar-refractivity contribution in [1.29, 1.82) is 0 Å². The Hall–Kier alpha value is -2.55. The topological polar surface area (TPSA) is 70.9 Å². The second kappa shape index (κ2) is 9.30. The second-order valence-electron chi connectivity index (χ2n) is 7.10. The van der Waals surface area contributed by atoms with Crippen molar-refractivity contribution in [2.45, 2.75) is 6.92 Å². The highest BCUT2D eigenvalue weighted by atomic mass is 32.2. The van der Waals surface area contributed by atoms with Gasteiger partial charge in [0.2, 0.25) is 10.0 Å². The van der Waals surface area contributed by atoms with Crippen LogP contribution in [0.1, 0.15) is 11.1 Å². The molecule has 0 spiro atoms. The number of halogens is 1. The van der Waals surface area contributed by atoms with E-state index in [2.05, 4.69) is 5.32 Å². The summed E-state index contributed by atoms with van der Waals surface area (Å²) in [4.78, 5) is 13.2. The van der Waals surface area contributed by atoms with Gasteiger partial charge in [-0.1, -0.05) is 36.4 Å². The summed E-state index contributed by atoms with van der Waals surface area (Å²) in [7, 11) is -3.49. The minimum absolute atomic E-state index is 0.212. The zero-order valence-corrected chi connectivity index (χ0v) is 17.1.